The second-order valence-electron chi connectivity index (χ2n) is 23.6. The number of hydrogen-bond acceptors (Lipinski definition) is 23. The molecule has 1 fully saturated rings. The van der Waals surface area contributed by atoms with Gasteiger partial charge in [-0.15, -0.1) is 40.6 Å². The van der Waals surface area contributed by atoms with E-state index in [1.807, 2.05) is 6.92 Å². The number of cyclic esters (lactones) is 1. The second kappa shape index (κ2) is 28.7. The van der Waals surface area contributed by atoms with Crippen molar-refractivity contribution in [3.8, 4) is 0 Å². The number of fused-ring (bicyclic) bond motifs is 7. The summed E-state index contributed by atoms with van der Waals surface area (Å²) in [4.78, 5) is 154. The number of ether oxygens (including phenoxy) is 1. The van der Waals surface area contributed by atoms with E-state index >= 15 is 0 Å². The number of nitrogens with zero attached hydrogens (tertiary/aromatic N) is 6. The Morgan fingerprint density at radius 1 is 0.851 bits per heavy atom. The first-order chi connectivity index (χ1) is 44.4. The summed E-state index contributed by atoms with van der Waals surface area (Å²) in [6, 6.07) is -8.59. The first-order valence-corrected chi connectivity index (χ1v) is 33.7. The molecular formula is C61H73N15O14S4. The van der Waals surface area contributed by atoms with Gasteiger partial charge in [0.15, 0.2) is 0 Å². The number of carbonyl (C=O) groups excluding carboxylic acids is 9. The van der Waals surface area contributed by atoms with Gasteiger partial charge in [0.2, 0.25) is 23.8 Å². The molecule has 5 aliphatic rings. The highest BCUT2D eigenvalue weighted by atomic mass is 32.2. The number of piperidine rings is 1. The summed E-state index contributed by atoms with van der Waals surface area (Å²) >= 11 is 3.95. The lowest BCUT2D eigenvalue weighted by molar-refractivity contribution is -0.474. The maximum Gasteiger partial charge on any atom is 0.357 e. The van der Waals surface area contributed by atoms with Crippen molar-refractivity contribution < 1.29 is 73.3 Å². The van der Waals surface area contributed by atoms with Crippen LogP contribution < -0.4 is 47.5 Å². The molecule has 15 atom stereocenters. The molecule has 0 saturated carbocycles. The number of allylic oxidation sites excluding steroid dienone is 2. The van der Waals surface area contributed by atoms with Crippen molar-refractivity contribution in [2.75, 3.05) is 5.75 Å². The van der Waals surface area contributed by atoms with Crippen LogP contribution in [0.2, 0.25) is 0 Å². The third-order valence-electron chi connectivity index (χ3n) is 16.8. The van der Waals surface area contributed by atoms with Gasteiger partial charge in [-0.3, -0.25) is 43.7 Å². The average molecular weight is 1370 g/mol. The third kappa shape index (κ3) is 14.8. The molecule has 8 amide bonds. The highest BCUT2D eigenvalue weighted by Crippen LogP contribution is 2.52. The molecular weight excluding hydrogens is 1300 g/mol. The van der Waals surface area contributed by atoms with Crippen LogP contribution in [0.5, 0.6) is 0 Å². The van der Waals surface area contributed by atoms with E-state index in [1.54, 1.807) is 37.5 Å². The Morgan fingerprint density at radius 3 is 2.27 bits per heavy atom. The number of hydrogen-bond donors (Lipinski definition) is 13. The maximum atomic E-state index is 14.9. The van der Waals surface area contributed by atoms with E-state index in [0.29, 0.717) is 17.2 Å². The van der Waals surface area contributed by atoms with Crippen molar-refractivity contribution in [2.45, 2.75) is 165 Å². The molecule has 1 saturated heterocycles. The van der Waals surface area contributed by atoms with E-state index in [0.717, 1.165) is 40.2 Å². The van der Waals surface area contributed by atoms with Crippen molar-refractivity contribution in [3.63, 3.8) is 0 Å². The number of carbonyl (C=O) groups is 9. The van der Waals surface area contributed by atoms with Gasteiger partial charge in [-0.25, -0.2) is 34.7 Å². The molecule has 4 aliphatic heterocycles. The van der Waals surface area contributed by atoms with E-state index in [4.69, 9.17) is 20.0 Å². The molecule has 0 radical (unpaired) electrons. The van der Waals surface area contributed by atoms with Crippen molar-refractivity contribution >= 4 is 116 Å². The Bertz CT molecular complexity index is 3850. The zero-order valence-electron chi connectivity index (χ0n) is 52.6. The monoisotopic (exact) mass is 1370 g/mol. The molecule has 29 nitrogen and oxygen atoms in total. The predicted molar refractivity (Wildman–Crippen MR) is 347 cm³/mol. The summed E-state index contributed by atoms with van der Waals surface area (Å²) in [6.45, 7) is 21.3. The van der Waals surface area contributed by atoms with Gasteiger partial charge in [-0.2, -0.15) is 5.70 Å². The molecule has 8 heterocycles. The number of aliphatic hydroxyl groups is 4. The van der Waals surface area contributed by atoms with Gasteiger partial charge in [0, 0.05) is 27.4 Å². The Labute approximate surface area is 555 Å². The third-order valence-corrected chi connectivity index (χ3v) is 20.8. The zero-order chi connectivity index (χ0) is 68.4. The Balaban J connectivity index is 1.20. The topological polar surface area (TPSA) is 432 Å². The van der Waals surface area contributed by atoms with Crippen LogP contribution in [0, 0.1) is 5.92 Å². The molecule has 1 unspecified atom stereocenters. The first kappa shape index (κ1) is 70.0. The van der Waals surface area contributed by atoms with E-state index in [2.05, 4.69) is 75.6 Å². The lowest BCUT2D eigenvalue weighted by atomic mass is 9.80. The smallest absolute Gasteiger partial charge is 0.357 e. The van der Waals surface area contributed by atoms with Crippen LogP contribution in [0.25, 0.3) is 11.4 Å². The number of thiazole rings is 3. The summed E-state index contributed by atoms with van der Waals surface area (Å²) in [5.74, 6) is -8.05. The number of nitrogens with one attached hydrogen (secondary N) is 9. The van der Waals surface area contributed by atoms with Crippen LogP contribution in [0.3, 0.4) is 0 Å². The minimum Gasteiger partial charge on any atom is -0.679 e. The van der Waals surface area contributed by atoms with Crippen molar-refractivity contribution in [2.24, 2.45) is 10.9 Å². The minimum absolute atomic E-state index is 0.00852. The molecule has 94 heavy (non-hydrogen) atoms. The van der Waals surface area contributed by atoms with Gasteiger partial charge in [-0.05, 0) is 96.7 Å². The molecule has 1 aliphatic carbocycles. The van der Waals surface area contributed by atoms with Crippen LogP contribution in [0.4, 0.5) is 0 Å². The lowest BCUT2D eigenvalue weighted by Gasteiger charge is -2.53. The molecule has 33 heteroatoms. The van der Waals surface area contributed by atoms with E-state index in [-0.39, 0.29) is 78.9 Å². The van der Waals surface area contributed by atoms with Crippen LogP contribution in [0.1, 0.15) is 181 Å². The number of aromatic nitrogens is 4. The summed E-state index contributed by atoms with van der Waals surface area (Å²) < 4.78 is 6.19. The first-order valence-electron chi connectivity index (χ1n) is 30.0. The molecule has 9 rings (SSSR count). The van der Waals surface area contributed by atoms with E-state index in [9.17, 15) is 63.6 Å². The van der Waals surface area contributed by atoms with Crippen molar-refractivity contribution in [1.29, 1.82) is 0 Å². The van der Waals surface area contributed by atoms with Gasteiger partial charge in [0.1, 0.15) is 79.8 Å². The SMILES string of the molecule is C=C1CC[C@]23NC(=O)[C@H](C)NC(=O)C(=C)NC(=O)[C@H](C)NC(=O)[C@H](C(C)CC)N[C@@H]4C=Cc5c([C@H](C)O)cc(nc5[C@H]4O)C(=O)O[C@H](C)[C@H](NC(=O)c4csc(n4)[C@H]([C@@](C)(O)[C@@H](C)O)NC(=O)[C@H]4CSC(=[NH+]4)C(=CC)NC(=O)C=NC(=O)c4csc2n4)c2nc(cs2)[C@@H]3[N-]1. The number of amides is 8. The summed E-state index contributed by atoms with van der Waals surface area (Å²) in [5, 5.41) is 78.0. The fraction of sp³-hybridized carbons (Fsp3) is 0.459. The average Bonchev–Trinajstić information content (AvgIpc) is 1.37. The lowest BCUT2D eigenvalue weighted by Crippen LogP contribution is -2.81. The van der Waals surface area contributed by atoms with Crippen LogP contribution in [-0.4, -0.2) is 159 Å². The highest BCUT2D eigenvalue weighted by Gasteiger charge is 2.47. The van der Waals surface area contributed by atoms with Gasteiger partial charge >= 0.3 is 5.97 Å². The summed E-state index contributed by atoms with van der Waals surface area (Å²) in [7, 11) is 0. The van der Waals surface area contributed by atoms with Crippen LogP contribution >= 0.6 is 45.8 Å². The largest absolute Gasteiger partial charge is 0.679 e. The molecule has 4 aromatic heterocycles. The molecule has 500 valence electrons. The Kier molecular flexibility index (Phi) is 21.4. The summed E-state index contributed by atoms with van der Waals surface area (Å²) in [5.41, 5.74) is -4.18. The Morgan fingerprint density at radius 2 is 1.56 bits per heavy atom. The number of aliphatic hydroxyl groups excluding tert-OH is 3. The molecule has 4 aromatic rings. The minimum atomic E-state index is -2.10. The molecule has 0 aromatic carbocycles. The Hall–Kier alpha value is -8.28. The maximum absolute atomic E-state index is 14.9. The van der Waals surface area contributed by atoms with Gasteiger partial charge in [0.05, 0.1) is 53.2 Å². The number of thioether (sulfide) groups is 1. The molecule has 13 bridgehead atoms. The van der Waals surface area contributed by atoms with Gasteiger partial charge in [-0.1, -0.05) is 45.1 Å². The number of aliphatic imine (C=N–C) groups is 1. The highest BCUT2D eigenvalue weighted by molar-refractivity contribution is 8.14. The van der Waals surface area contributed by atoms with Crippen molar-refractivity contribution in [1.82, 2.24) is 62.5 Å². The van der Waals surface area contributed by atoms with Crippen molar-refractivity contribution in [3.05, 3.63) is 125 Å². The number of pyridine rings is 1. The van der Waals surface area contributed by atoms with Crippen LogP contribution in [0.15, 0.2) is 69.6 Å². The van der Waals surface area contributed by atoms with Crippen LogP contribution in [-0.2, 0) is 39.0 Å². The predicted octanol–water partition coefficient (Wildman–Crippen LogP) is 1.17. The van der Waals surface area contributed by atoms with Gasteiger partial charge < -0.3 is 67.7 Å². The molecule has 0 spiro atoms. The fourth-order valence-electron chi connectivity index (χ4n) is 10.8. The second-order valence-corrected chi connectivity index (χ2v) is 27.3. The van der Waals surface area contributed by atoms with Gasteiger partial charge in [0.25, 0.3) is 34.6 Å². The summed E-state index contributed by atoms with van der Waals surface area (Å²) in [6.07, 6.45) is 0.327. The zero-order valence-corrected chi connectivity index (χ0v) is 55.8. The molecule has 13 N–H and O–H groups in total. The standard InChI is InChI=1S/C61H72N15O14S4/c1-12-24(3)42-54(87)66-27(6)49(82)64-26(5)48(81)65-28(7)50(83)76-61-17-16-25(4)63-46(61)37-20-92-56(70-37)43(30(9)90-58(88)36-18-33(29(8)77)32-14-15-35(68-42)45(80)44(32)69-36)74-52(85)39-22-93-57(72-39)47(60(11,89)31(10)78)75-53(86)40-21-91-55(71-40)34(13-2)67-41(79)19-62-51(84)38-23-94-59(61)73-38/h13-15,18-20,22-24,27-31,35,40,42-43,45-47,68,77-78,80,89H,4-5,12,16-17,21H2,1-3,6-11H3,(H,64,82)(H,65,81)(H,66,87)(H,67,79)(H,74,85)(H,75,86)(H,76,83)/q-1/p+1/t24?,27-,28-,29-,30+,31+,35+,40+,42-,43-,45-,46-,47+,60-,61+/m0/s1. The van der Waals surface area contributed by atoms with E-state index in [1.165, 1.54) is 70.1 Å². The fourth-order valence-corrected chi connectivity index (χ4v) is 14.8. The quantitative estimate of drug-likeness (QED) is 0.0985. The van der Waals surface area contributed by atoms with E-state index < -0.39 is 149 Å². The number of rotatable bonds is 5. The normalized spacial score (nSPS) is 29.1. The number of esters is 1.